The van der Waals surface area contributed by atoms with Crippen molar-refractivity contribution in [1.29, 1.82) is 0 Å². The highest BCUT2D eigenvalue weighted by Gasteiger charge is 2.22. The van der Waals surface area contributed by atoms with Crippen molar-refractivity contribution in [2.45, 2.75) is 25.6 Å². The van der Waals surface area contributed by atoms with Gasteiger partial charge in [-0.1, -0.05) is 22.0 Å². The highest BCUT2D eigenvalue weighted by molar-refractivity contribution is 9.09. The maximum atomic E-state index is 11.0. The quantitative estimate of drug-likeness (QED) is 0.412. The number of nitrogens with one attached hydrogen (secondary N) is 1. The number of anilines is 1. The number of nitro benzene ring substituents is 1. The first-order valence-electron chi connectivity index (χ1n) is 5.84. The molecule has 0 saturated heterocycles. The van der Waals surface area contributed by atoms with Crippen molar-refractivity contribution < 1.29 is 19.9 Å². The van der Waals surface area contributed by atoms with Crippen LogP contribution in [-0.2, 0) is 4.79 Å². The third-order valence-corrected chi connectivity index (χ3v) is 3.10. The summed E-state index contributed by atoms with van der Waals surface area (Å²) < 4.78 is 0. The lowest BCUT2D eigenvalue weighted by molar-refractivity contribution is -0.384. The fourth-order valence-electron chi connectivity index (χ4n) is 1.67. The van der Waals surface area contributed by atoms with E-state index in [4.69, 9.17) is 0 Å². The molecule has 0 aliphatic heterocycles. The van der Waals surface area contributed by atoms with E-state index in [1.54, 1.807) is 0 Å². The van der Waals surface area contributed by atoms with Gasteiger partial charge in [0, 0.05) is 18.3 Å². The minimum absolute atomic E-state index is 0.0495. The first kappa shape index (κ1) is 16.5. The number of rotatable bonds is 6. The SMILES string of the molecule is CC(=O)Nc1ccc(C(O)C(O)CCBr)cc1[N+](=O)[O-]. The Morgan fingerprint density at radius 2 is 2.15 bits per heavy atom. The van der Waals surface area contributed by atoms with Crippen LogP contribution in [0.4, 0.5) is 11.4 Å². The Balaban J connectivity index is 3.09. The summed E-state index contributed by atoms with van der Waals surface area (Å²) >= 11 is 3.14. The summed E-state index contributed by atoms with van der Waals surface area (Å²) in [5, 5.41) is 33.4. The Morgan fingerprint density at radius 1 is 1.50 bits per heavy atom. The molecule has 0 fully saturated rings. The van der Waals surface area contributed by atoms with Crippen LogP contribution >= 0.6 is 15.9 Å². The third kappa shape index (κ3) is 4.26. The normalized spacial score (nSPS) is 13.6. The molecule has 0 spiro atoms. The van der Waals surface area contributed by atoms with Gasteiger partial charge in [-0.05, 0) is 18.1 Å². The highest BCUT2D eigenvalue weighted by Crippen LogP contribution is 2.30. The molecule has 2 unspecified atom stereocenters. The number of carbonyl (C=O) groups excluding carboxylic acids is 1. The second-order valence-electron chi connectivity index (χ2n) is 4.20. The van der Waals surface area contributed by atoms with Gasteiger partial charge in [0.05, 0.1) is 11.0 Å². The molecular formula is C12H15BrN2O5. The predicted octanol–water partition coefficient (Wildman–Crippen LogP) is 1.73. The monoisotopic (exact) mass is 346 g/mol. The number of aliphatic hydroxyl groups excluding tert-OH is 2. The molecule has 1 rings (SSSR count). The average molecular weight is 347 g/mol. The Morgan fingerprint density at radius 3 is 2.65 bits per heavy atom. The van der Waals surface area contributed by atoms with Crippen molar-refractivity contribution in [3.63, 3.8) is 0 Å². The van der Waals surface area contributed by atoms with E-state index in [1.807, 2.05) is 0 Å². The van der Waals surface area contributed by atoms with Gasteiger partial charge in [-0.3, -0.25) is 14.9 Å². The van der Waals surface area contributed by atoms with Gasteiger partial charge in [-0.2, -0.15) is 0 Å². The summed E-state index contributed by atoms with van der Waals surface area (Å²) in [6.07, 6.45) is -1.94. The van der Waals surface area contributed by atoms with Gasteiger partial charge in [-0.25, -0.2) is 0 Å². The van der Waals surface area contributed by atoms with E-state index < -0.39 is 23.0 Å². The van der Waals surface area contributed by atoms with Crippen LogP contribution in [0.15, 0.2) is 18.2 Å². The lowest BCUT2D eigenvalue weighted by Gasteiger charge is -2.17. The summed E-state index contributed by atoms with van der Waals surface area (Å²) in [5.41, 5.74) is -0.0597. The van der Waals surface area contributed by atoms with Crippen LogP contribution in [0.1, 0.15) is 25.0 Å². The molecule has 0 bridgehead atoms. The van der Waals surface area contributed by atoms with E-state index in [0.717, 1.165) is 6.07 Å². The number of aliphatic hydroxyl groups is 2. The number of carbonyl (C=O) groups is 1. The molecule has 0 aliphatic carbocycles. The van der Waals surface area contributed by atoms with E-state index in [2.05, 4.69) is 21.2 Å². The van der Waals surface area contributed by atoms with Crippen LogP contribution in [0.5, 0.6) is 0 Å². The Labute approximate surface area is 123 Å². The molecule has 1 amide bonds. The summed E-state index contributed by atoms with van der Waals surface area (Å²) in [6, 6.07) is 3.91. The van der Waals surface area contributed by atoms with Crippen LogP contribution in [0, 0.1) is 10.1 Å². The van der Waals surface area contributed by atoms with E-state index >= 15 is 0 Å². The Bertz CT molecular complexity index is 509. The van der Waals surface area contributed by atoms with Crippen molar-refractivity contribution in [2.75, 3.05) is 10.6 Å². The lowest BCUT2D eigenvalue weighted by atomic mass is 10.0. The second kappa shape index (κ2) is 7.32. The van der Waals surface area contributed by atoms with Crippen molar-refractivity contribution in [3.05, 3.63) is 33.9 Å². The van der Waals surface area contributed by atoms with E-state index in [-0.39, 0.29) is 16.9 Å². The molecule has 0 radical (unpaired) electrons. The summed E-state index contributed by atoms with van der Waals surface area (Å²) in [4.78, 5) is 21.3. The van der Waals surface area contributed by atoms with Gasteiger partial charge in [0.1, 0.15) is 11.8 Å². The second-order valence-corrected chi connectivity index (χ2v) is 5.00. The lowest BCUT2D eigenvalue weighted by Crippen LogP contribution is -2.19. The van der Waals surface area contributed by atoms with Gasteiger partial charge in [-0.15, -0.1) is 0 Å². The van der Waals surface area contributed by atoms with E-state index in [0.29, 0.717) is 11.8 Å². The highest BCUT2D eigenvalue weighted by atomic mass is 79.9. The smallest absolute Gasteiger partial charge is 0.293 e. The first-order valence-corrected chi connectivity index (χ1v) is 6.97. The van der Waals surface area contributed by atoms with Crippen molar-refractivity contribution >= 4 is 33.2 Å². The molecule has 8 heteroatoms. The first-order chi connectivity index (χ1) is 9.36. The Kier molecular flexibility index (Phi) is 6.05. The minimum atomic E-state index is -1.22. The zero-order valence-corrected chi connectivity index (χ0v) is 12.3. The van der Waals surface area contributed by atoms with Crippen molar-refractivity contribution in [2.24, 2.45) is 0 Å². The zero-order valence-electron chi connectivity index (χ0n) is 10.7. The molecule has 2 atom stereocenters. The molecule has 0 aliphatic rings. The molecule has 0 saturated carbocycles. The topological polar surface area (TPSA) is 113 Å². The zero-order chi connectivity index (χ0) is 15.3. The molecule has 0 heterocycles. The fraction of sp³-hybridized carbons (Fsp3) is 0.417. The van der Waals surface area contributed by atoms with Gasteiger partial charge in [0.2, 0.25) is 5.91 Å². The molecule has 0 aromatic heterocycles. The number of halogens is 1. The number of alkyl halides is 1. The standard InChI is InChI=1S/C12H15BrN2O5/c1-7(16)14-9-3-2-8(6-10(9)15(19)20)12(18)11(17)4-5-13/h2-3,6,11-12,17-18H,4-5H2,1H3,(H,14,16). The fourth-order valence-corrected chi connectivity index (χ4v) is 2.14. The average Bonchev–Trinajstić information content (AvgIpc) is 2.37. The molecule has 3 N–H and O–H groups in total. The maximum Gasteiger partial charge on any atom is 0.293 e. The van der Waals surface area contributed by atoms with Gasteiger partial charge >= 0.3 is 0 Å². The van der Waals surface area contributed by atoms with Gasteiger partial charge < -0.3 is 15.5 Å². The van der Waals surface area contributed by atoms with E-state index in [9.17, 15) is 25.1 Å². The number of amides is 1. The molecular weight excluding hydrogens is 332 g/mol. The number of nitro groups is 1. The summed E-state index contributed by atoms with van der Waals surface area (Å²) in [5.74, 6) is -0.430. The summed E-state index contributed by atoms with van der Waals surface area (Å²) in [7, 11) is 0. The van der Waals surface area contributed by atoms with Crippen LogP contribution < -0.4 is 5.32 Å². The largest absolute Gasteiger partial charge is 0.390 e. The van der Waals surface area contributed by atoms with Crippen LogP contribution in [0.25, 0.3) is 0 Å². The number of hydrogen-bond acceptors (Lipinski definition) is 5. The van der Waals surface area contributed by atoms with Crippen LogP contribution in [0.2, 0.25) is 0 Å². The van der Waals surface area contributed by atoms with Crippen molar-refractivity contribution in [1.82, 2.24) is 0 Å². The Hall–Kier alpha value is -1.51. The number of nitrogens with zero attached hydrogens (tertiary/aromatic N) is 1. The minimum Gasteiger partial charge on any atom is -0.390 e. The van der Waals surface area contributed by atoms with Crippen molar-refractivity contribution in [3.8, 4) is 0 Å². The molecule has 7 nitrogen and oxygen atoms in total. The van der Waals surface area contributed by atoms with Crippen LogP contribution in [0.3, 0.4) is 0 Å². The predicted molar refractivity (Wildman–Crippen MR) is 76.8 cm³/mol. The number of hydrogen-bond donors (Lipinski definition) is 3. The van der Waals surface area contributed by atoms with Gasteiger partial charge in [0.15, 0.2) is 0 Å². The number of benzene rings is 1. The molecule has 20 heavy (non-hydrogen) atoms. The summed E-state index contributed by atoms with van der Waals surface area (Å²) in [6.45, 7) is 1.24. The molecule has 1 aromatic carbocycles. The maximum absolute atomic E-state index is 11.0. The van der Waals surface area contributed by atoms with E-state index in [1.165, 1.54) is 19.1 Å². The van der Waals surface area contributed by atoms with Crippen LogP contribution in [-0.4, -0.2) is 32.5 Å². The molecule has 110 valence electrons. The molecule has 1 aromatic rings. The third-order valence-electron chi connectivity index (χ3n) is 2.64. The van der Waals surface area contributed by atoms with Gasteiger partial charge in [0.25, 0.3) is 5.69 Å².